The molecular weight excluding hydrogens is 289 g/mol. The fourth-order valence-corrected chi connectivity index (χ4v) is 2.91. The first-order valence-electron chi connectivity index (χ1n) is 6.75. The number of nitrogens with one attached hydrogen (secondary N) is 1. The second-order valence-electron chi connectivity index (χ2n) is 4.94. The predicted octanol–water partition coefficient (Wildman–Crippen LogP) is 3.72. The highest BCUT2D eigenvalue weighted by molar-refractivity contribution is 6.30. The lowest BCUT2D eigenvalue weighted by Gasteiger charge is -2.35. The molecule has 0 aliphatic carbocycles. The van der Waals surface area contributed by atoms with Gasteiger partial charge in [-0.1, -0.05) is 24.6 Å². The summed E-state index contributed by atoms with van der Waals surface area (Å²) in [7, 11) is 0. The van der Waals surface area contributed by atoms with Crippen LogP contribution < -0.4 is 5.32 Å². The Balaban J connectivity index is 2.38. The lowest BCUT2D eigenvalue weighted by Crippen LogP contribution is -2.45. The molecule has 20 heavy (non-hydrogen) atoms. The maximum absolute atomic E-state index is 13.2. The zero-order chi connectivity index (χ0) is 14.8. The van der Waals surface area contributed by atoms with Gasteiger partial charge in [0, 0.05) is 37.2 Å². The summed E-state index contributed by atoms with van der Waals surface area (Å²) >= 11 is 5.73. The average Bonchev–Trinajstić information content (AvgIpc) is 2.41. The Bertz CT molecular complexity index is 456. The first kappa shape index (κ1) is 15.6. The molecule has 1 N–H and O–H groups in total. The van der Waals surface area contributed by atoms with Gasteiger partial charge < -0.3 is 5.32 Å². The number of alkyl halides is 3. The number of halogens is 4. The Labute approximate surface area is 121 Å². The van der Waals surface area contributed by atoms with Crippen molar-refractivity contribution in [3.8, 4) is 0 Å². The summed E-state index contributed by atoms with van der Waals surface area (Å²) in [6, 6.07) is 3.87. The zero-order valence-electron chi connectivity index (χ0n) is 11.3. The number of hydrogen-bond acceptors (Lipinski definition) is 2. The minimum atomic E-state index is -4.37. The minimum absolute atomic E-state index is 0.122. The van der Waals surface area contributed by atoms with E-state index in [0.717, 1.165) is 32.2 Å². The largest absolute Gasteiger partial charge is 0.416 e. The SMILES string of the molecule is CC[C@H](c1ccc(Cl)cc1C(F)(F)F)N1CCNCC1. The molecule has 1 heterocycles. The van der Waals surface area contributed by atoms with Crippen molar-refractivity contribution in [1.82, 2.24) is 10.2 Å². The summed E-state index contributed by atoms with van der Waals surface area (Å²) in [6.45, 7) is 5.06. The van der Waals surface area contributed by atoms with E-state index < -0.39 is 11.7 Å². The van der Waals surface area contributed by atoms with E-state index in [-0.39, 0.29) is 11.1 Å². The lowest BCUT2D eigenvalue weighted by molar-refractivity contribution is -0.138. The standard InChI is InChI=1S/C14H18ClF3N2/c1-2-13(20-7-5-19-6-8-20)11-4-3-10(15)9-12(11)14(16,17)18/h3-4,9,13,19H,2,5-8H2,1H3/t13-/m1/s1. The van der Waals surface area contributed by atoms with Crippen molar-refractivity contribution >= 4 is 11.6 Å². The highest BCUT2D eigenvalue weighted by atomic mass is 35.5. The van der Waals surface area contributed by atoms with E-state index in [0.29, 0.717) is 12.0 Å². The molecule has 1 saturated heterocycles. The summed E-state index contributed by atoms with van der Waals surface area (Å²) in [5, 5.41) is 3.34. The number of nitrogens with zero attached hydrogens (tertiary/aromatic N) is 1. The lowest BCUT2D eigenvalue weighted by atomic mass is 9.96. The van der Waals surface area contributed by atoms with Crippen LogP contribution in [0.3, 0.4) is 0 Å². The van der Waals surface area contributed by atoms with E-state index in [4.69, 9.17) is 11.6 Å². The highest BCUT2D eigenvalue weighted by Crippen LogP contribution is 2.38. The van der Waals surface area contributed by atoms with Crippen LogP contribution in [0.25, 0.3) is 0 Å². The monoisotopic (exact) mass is 306 g/mol. The smallest absolute Gasteiger partial charge is 0.314 e. The molecule has 0 saturated carbocycles. The summed E-state index contributed by atoms with van der Waals surface area (Å²) in [5.41, 5.74) is -0.290. The number of piperazine rings is 1. The Kier molecular flexibility index (Phi) is 4.94. The van der Waals surface area contributed by atoms with Crippen LogP contribution in [0, 0.1) is 0 Å². The average molecular weight is 307 g/mol. The summed E-state index contributed by atoms with van der Waals surface area (Å²) < 4.78 is 39.6. The van der Waals surface area contributed by atoms with Gasteiger partial charge in [-0.3, -0.25) is 4.90 Å². The molecule has 0 amide bonds. The van der Waals surface area contributed by atoms with Crippen molar-refractivity contribution in [3.05, 3.63) is 34.3 Å². The molecule has 2 nitrogen and oxygen atoms in total. The number of hydrogen-bond donors (Lipinski definition) is 1. The van der Waals surface area contributed by atoms with Crippen molar-refractivity contribution in [3.63, 3.8) is 0 Å². The fourth-order valence-electron chi connectivity index (χ4n) is 2.73. The zero-order valence-corrected chi connectivity index (χ0v) is 12.1. The minimum Gasteiger partial charge on any atom is -0.314 e. The van der Waals surface area contributed by atoms with Gasteiger partial charge >= 0.3 is 6.18 Å². The summed E-state index contributed by atoms with van der Waals surface area (Å²) in [6.07, 6.45) is -3.73. The molecule has 0 spiro atoms. The van der Waals surface area contributed by atoms with E-state index in [1.54, 1.807) is 0 Å². The van der Waals surface area contributed by atoms with Crippen LogP contribution in [0.1, 0.15) is 30.5 Å². The van der Waals surface area contributed by atoms with Gasteiger partial charge in [0.15, 0.2) is 0 Å². The number of rotatable bonds is 3. The van der Waals surface area contributed by atoms with Crippen LogP contribution in [-0.2, 0) is 6.18 Å². The highest BCUT2D eigenvalue weighted by Gasteiger charge is 2.36. The van der Waals surface area contributed by atoms with E-state index in [1.807, 2.05) is 6.92 Å². The van der Waals surface area contributed by atoms with Crippen LogP contribution >= 0.6 is 11.6 Å². The van der Waals surface area contributed by atoms with E-state index >= 15 is 0 Å². The number of benzene rings is 1. The van der Waals surface area contributed by atoms with Crippen LogP contribution in [0.15, 0.2) is 18.2 Å². The molecule has 1 aliphatic rings. The molecule has 2 rings (SSSR count). The molecule has 1 atom stereocenters. The summed E-state index contributed by atoms with van der Waals surface area (Å²) in [5.74, 6) is 0. The molecule has 6 heteroatoms. The van der Waals surface area contributed by atoms with Gasteiger partial charge in [0.1, 0.15) is 0 Å². The van der Waals surface area contributed by atoms with Crippen LogP contribution in [0.2, 0.25) is 5.02 Å². The molecule has 0 aromatic heterocycles. The molecule has 112 valence electrons. The molecule has 1 aromatic rings. The molecule has 1 aromatic carbocycles. The first-order valence-corrected chi connectivity index (χ1v) is 7.12. The second-order valence-corrected chi connectivity index (χ2v) is 5.38. The Morgan fingerprint density at radius 2 is 1.95 bits per heavy atom. The van der Waals surface area contributed by atoms with Gasteiger partial charge in [0.25, 0.3) is 0 Å². The van der Waals surface area contributed by atoms with Gasteiger partial charge in [0.05, 0.1) is 5.56 Å². The first-order chi connectivity index (χ1) is 9.43. The van der Waals surface area contributed by atoms with E-state index in [9.17, 15) is 13.2 Å². The summed E-state index contributed by atoms with van der Waals surface area (Å²) in [4.78, 5) is 2.11. The topological polar surface area (TPSA) is 15.3 Å². The van der Waals surface area contributed by atoms with E-state index in [1.165, 1.54) is 12.1 Å². The van der Waals surface area contributed by atoms with Crippen LogP contribution in [-0.4, -0.2) is 31.1 Å². The predicted molar refractivity (Wildman–Crippen MR) is 73.9 cm³/mol. The quantitative estimate of drug-likeness (QED) is 0.915. The third kappa shape index (κ3) is 3.45. The van der Waals surface area contributed by atoms with Crippen molar-refractivity contribution < 1.29 is 13.2 Å². The third-order valence-corrected chi connectivity index (χ3v) is 3.89. The van der Waals surface area contributed by atoms with Crippen molar-refractivity contribution in [2.45, 2.75) is 25.6 Å². The molecular formula is C14H18ClF3N2. The van der Waals surface area contributed by atoms with E-state index in [2.05, 4.69) is 10.2 Å². The molecule has 1 aliphatic heterocycles. The van der Waals surface area contributed by atoms with Crippen molar-refractivity contribution in [2.24, 2.45) is 0 Å². The molecule has 0 radical (unpaired) electrons. The maximum atomic E-state index is 13.2. The third-order valence-electron chi connectivity index (χ3n) is 3.66. The maximum Gasteiger partial charge on any atom is 0.416 e. The molecule has 0 bridgehead atoms. The van der Waals surface area contributed by atoms with Gasteiger partial charge in [0.2, 0.25) is 0 Å². The molecule has 0 unspecified atom stereocenters. The van der Waals surface area contributed by atoms with Crippen molar-refractivity contribution in [2.75, 3.05) is 26.2 Å². The fraction of sp³-hybridized carbons (Fsp3) is 0.571. The Hall–Kier alpha value is -0.780. The van der Waals surface area contributed by atoms with Gasteiger partial charge in [-0.15, -0.1) is 0 Å². The normalized spacial score (nSPS) is 19.1. The van der Waals surface area contributed by atoms with Crippen LogP contribution in [0.5, 0.6) is 0 Å². The van der Waals surface area contributed by atoms with Gasteiger partial charge in [-0.2, -0.15) is 13.2 Å². The Morgan fingerprint density at radius 1 is 1.30 bits per heavy atom. The second kappa shape index (κ2) is 6.33. The molecule has 1 fully saturated rings. The van der Waals surface area contributed by atoms with Gasteiger partial charge in [-0.25, -0.2) is 0 Å². The van der Waals surface area contributed by atoms with Gasteiger partial charge in [-0.05, 0) is 24.1 Å². The Morgan fingerprint density at radius 3 is 2.50 bits per heavy atom. The van der Waals surface area contributed by atoms with Crippen molar-refractivity contribution in [1.29, 1.82) is 0 Å². The van der Waals surface area contributed by atoms with Crippen LogP contribution in [0.4, 0.5) is 13.2 Å².